The van der Waals surface area contributed by atoms with E-state index in [0.29, 0.717) is 11.2 Å². The molecule has 0 unspecified atom stereocenters. The van der Waals surface area contributed by atoms with E-state index in [1.807, 2.05) is 13.8 Å². The summed E-state index contributed by atoms with van der Waals surface area (Å²) in [7, 11) is 0. The largest absolute Gasteiger partial charge is 0.461 e. The molecule has 0 radical (unpaired) electrons. The molecule has 0 spiro atoms. The molecule has 0 saturated heterocycles. The number of esters is 1. The molecular formula is C14H16N4O4. The molecule has 3 rings (SSSR count). The van der Waals surface area contributed by atoms with E-state index in [9.17, 15) is 14.4 Å². The Morgan fingerprint density at radius 1 is 1.45 bits per heavy atom. The van der Waals surface area contributed by atoms with Crippen molar-refractivity contribution < 1.29 is 14.3 Å². The second-order valence-corrected chi connectivity index (χ2v) is 5.36. The maximum atomic E-state index is 12.5. The molecule has 0 bridgehead atoms. The molecule has 0 aliphatic carbocycles. The summed E-state index contributed by atoms with van der Waals surface area (Å²) in [6.45, 7) is 5.92. The van der Waals surface area contributed by atoms with E-state index in [4.69, 9.17) is 4.74 Å². The Labute approximate surface area is 125 Å². The van der Waals surface area contributed by atoms with E-state index >= 15 is 0 Å². The Morgan fingerprint density at radius 3 is 2.82 bits per heavy atom. The van der Waals surface area contributed by atoms with Gasteiger partial charge >= 0.3 is 5.97 Å². The number of aromatic nitrogens is 3. The van der Waals surface area contributed by atoms with E-state index in [1.54, 1.807) is 11.8 Å². The quantitative estimate of drug-likeness (QED) is 0.836. The number of hydrogen-bond donors (Lipinski definition) is 1. The van der Waals surface area contributed by atoms with E-state index in [0.717, 1.165) is 4.52 Å². The number of H-pyrrole nitrogens is 1. The minimum atomic E-state index is -0.603. The first-order chi connectivity index (χ1) is 10.4. The number of amides is 1. The molecule has 1 amide bonds. The second-order valence-electron chi connectivity index (χ2n) is 5.36. The third kappa shape index (κ3) is 1.99. The summed E-state index contributed by atoms with van der Waals surface area (Å²) >= 11 is 0. The first kappa shape index (κ1) is 14.3. The van der Waals surface area contributed by atoms with Crippen LogP contribution in [0.2, 0.25) is 0 Å². The lowest BCUT2D eigenvalue weighted by Crippen LogP contribution is -2.31. The molecule has 22 heavy (non-hydrogen) atoms. The number of hydrogen-bond acceptors (Lipinski definition) is 5. The topological polar surface area (TPSA) is 96.8 Å². The zero-order valence-electron chi connectivity index (χ0n) is 12.5. The van der Waals surface area contributed by atoms with E-state index < -0.39 is 11.5 Å². The van der Waals surface area contributed by atoms with Crippen LogP contribution >= 0.6 is 0 Å². The molecule has 1 aliphatic heterocycles. The normalized spacial score (nSPS) is 14.0. The minimum absolute atomic E-state index is 0.00452. The second kappa shape index (κ2) is 4.97. The van der Waals surface area contributed by atoms with Crippen LogP contribution < -0.4 is 5.56 Å². The molecule has 1 aliphatic rings. The van der Waals surface area contributed by atoms with Crippen molar-refractivity contribution in [2.45, 2.75) is 33.4 Å². The average Bonchev–Trinajstić information content (AvgIpc) is 3.03. The first-order valence-electron chi connectivity index (χ1n) is 7.07. The van der Waals surface area contributed by atoms with Crippen molar-refractivity contribution in [2.24, 2.45) is 0 Å². The maximum Gasteiger partial charge on any atom is 0.358 e. The molecular weight excluding hydrogens is 288 g/mol. The molecule has 2 aromatic rings. The van der Waals surface area contributed by atoms with Gasteiger partial charge in [-0.05, 0) is 20.8 Å². The van der Waals surface area contributed by atoms with Crippen molar-refractivity contribution >= 4 is 17.5 Å². The van der Waals surface area contributed by atoms with Crippen LogP contribution in [-0.2, 0) is 11.3 Å². The van der Waals surface area contributed by atoms with Gasteiger partial charge in [-0.2, -0.15) is 9.61 Å². The fourth-order valence-electron chi connectivity index (χ4n) is 2.50. The SMILES string of the molecule is CCOC(=O)c1cc2[nH]c3c(c(=O)n2n1)CN(C(C)C)C3=O. The molecule has 0 atom stereocenters. The van der Waals surface area contributed by atoms with Gasteiger partial charge in [0.2, 0.25) is 0 Å². The zero-order valence-corrected chi connectivity index (χ0v) is 12.5. The summed E-state index contributed by atoms with van der Waals surface area (Å²) in [5, 5.41) is 3.97. The van der Waals surface area contributed by atoms with Crippen LogP contribution in [-0.4, -0.2) is 44.0 Å². The number of carbonyl (C=O) groups excluding carboxylic acids is 2. The molecule has 8 nitrogen and oxygen atoms in total. The molecule has 1 N–H and O–H groups in total. The highest BCUT2D eigenvalue weighted by Crippen LogP contribution is 2.21. The Balaban J connectivity index is 2.12. The number of ether oxygens (including phenoxy) is 1. The van der Waals surface area contributed by atoms with Crippen molar-refractivity contribution in [1.29, 1.82) is 0 Å². The van der Waals surface area contributed by atoms with Gasteiger partial charge in [-0.1, -0.05) is 0 Å². The summed E-state index contributed by atoms with van der Waals surface area (Å²) in [4.78, 5) is 41.0. The van der Waals surface area contributed by atoms with Crippen LogP contribution in [0, 0.1) is 0 Å². The van der Waals surface area contributed by atoms with Gasteiger partial charge < -0.3 is 14.6 Å². The maximum absolute atomic E-state index is 12.5. The predicted octanol–water partition coefficient (Wildman–Crippen LogP) is 0.563. The zero-order chi connectivity index (χ0) is 16.0. The Bertz CT molecular complexity index is 833. The lowest BCUT2D eigenvalue weighted by Gasteiger charge is -2.19. The Hall–Kier alpha value is -2.64. The van der Waals surface area contributed by atoms with Crippen molar-refractivity contribution in [2.75, 3.05) is 6.61 Å². The van der Waals surface area contributed by atoms with Crippen molar-refractivity contribution in [3.8, 4) is 0 Å². The predicted molar refractivity (Wildman–Crippen MR) is 76.8 cm³/mol. The smallest absolute Gasteiger partial charge is 0.358 e. The van der Waals surface area contributed by atoms with Crippen LogP contribution in [0.4, 0.5) is 0 Å². The summed E-state index contributed by atoms with van der Waals surface area (Å²) in [6, 6.07) is 1.40. The van der Waals surface area contributed by atoms with Gasteiger partial charge in [-0.25, -0.2) is 4.79 Å². The van der Waals surface area contributed by atoms with Gasteiger partial charge in [-0.15, -0.1) is 0 Å². The molecule has 3 heterocycles. The van der Waals surface area contributed by atoms with Crippen LogP contribution in [0.3, 0.4) is 0 Å². The molecule has 0 fully saturated rings. The molecule has 0 saturated carbocycles. The number of nitrogens with zero attached hydrogens (tertiary/aromatic N) is 3. The number of aromatic amines is 1. The molecule has 0 aromatic carbocycles. The van der Waals surface area contributed by atoms with Gasteiger partial charge in [0.25, 0.3) is 11.5 Å². The number of fused-ring (bicyclic) bond motifs is 2. The standard InChI is InChI=1S/C14H16N4O4/c1-4-22-14(21)9-5-10-15-11-8(12(19)18(10)16-9)6-17(7(2)3)13(11)20/h5,7,15H,4,6H2,1-3H3. The van der Waals surface area contributed by atoms with Gasteiger partial charge in [0.15, 0.2) is 5.69 Å². The minimum Gasteiger partial charge on any atom is -0.461 e. The lowest BCUT2D eigenvalue weighted by atomic mass is 10.2. The summed E-state index contributed by atoms with van der Waals surface area (Å²) in [5.74, 6) is -0.822. The van der Waals surface area contributed by atoms with Crippen molar-refractivity contribution in [3.63, 3.8) is 0 Å². The van der Waals surface area contributed by atoms with Gasteiger partial charge in [-0.3, -0.25) is 9.59 Å². The van der Waals surface area contributed by atoms with Gasteiger partial charge in [0.05, 0.1) is 18.7 Å². The molecule has 2 aromatic heterocycles. The summed E-state index contributed by atoms with van der Waals surface area (Å²) < 4.78 is 5.96. The Kier molecular flexibility index (Phi) is 3.23. The highest BCUT2D eigenvalue weighted by molar-refractivity contribution is 5.97. The third-order valence-corrected chi connectivity index (χ3v) is 3.63. The average molecular weight is 304 g/mol. The highest BCUT2D eigenvalue weighted by Gasteiger charge is 2.33. The number of carbonyl (C=O) groups is 2. The fourth-order valence-corrected chi connectivity index (χ4v) is 2.50. The highest BCUT2D eigenvalue weighted by atomic mass is 16.5. The van der Waals surface area contributed by atoms with E-state index in [-0.39, 0.29) is 36.5 Å². The van der Waals surface area contributed by atoms with Crippen LogP contribution in [0.15, 0.2) is 10.9 Å². The first-order valence-corrected chi connectivity index (χ1v) is 7.07. The number of rotatable bonds is 3. The van der Waals surface area contributed by atoms with Crippen LogP contribution in [0.5, 0.6) is 0 Å². The lowest BCUT2D eigenvalue weighted by molar-refractivity contribution is 0.0518. The van der Waals surface area contributed by atoms with E-state index in [2.05, 4.69) is 10.1 Å². The van der Waals surface area contributed by atoms with Gasteiger partial charge in [0.1, 0.15) is 11.3 Å². The summed E-state index contributed by atoms with van der Waals surface area (Å²) in [6.07, 6.45) is 0. The van der Waals surface area contributed by atoms with Crippen molar-refractivity contribution in [1.82, 2.24) is 19.5 Å². The van der Waals surface area contributed by atoms with Crippen LogP contribution in [0.25, 0.3) is 5.65 Å². The van der Waals surface area contributed by atoms with Crippen molar-refractivity contribution in [3.05, 3.63) is 33.4 Å². The monoisotopic (exact) mass is 304 g/mol. The molecule has 8 heteroatoms. The number of nitrogens with one attached hydrogen (secondary N) is 1. The fraction of sp³-hybridized carbons (Fsp3) is 0.429. The van der Waals surface area contributed by atoms with E-state index in [1.165, 1.54) is 6.07 Å². The van der Waals surface area contributed by atoms with Crippen LogP contribution in [0.1, 0.15) is 47.3 Å². The summed E-state index contributed by atoms with van der Waals surface area (Å²) in [5.41, 5.74) is 0.569. The van der Waals surface area contributed by atoms with Gasteiger partial charge in [0, 0.05) is 12.1 Å². The Morgan fingerprint density at radius 2 is 2.18 bits per heavy atom. The molecule has 116 valence electrons. The third-order valence-electron chi connectivity index (χ3n) is 3.63.